The summed E-state index contributed by atoms with van der Waals surface area (Å²) in [5.74, 6) is -1.54. The van der Waals surface area contributed by atoms with Crippen molar-refractivity contribution in [3.8, 4) is 5.75 Å². The smallest absolute Gasteiger partial charge is 0.466 e. The van der Waals surface area contributed by atoms with Crippen molar-refractivity contribution in [1.82, 2.24) is 4.72 Å². The SMILES string of the molecule is CCOC(=O)CC(NS(=O)(=O)c1ccc(OC(F)(F)F)cc1)c1cccc(C(F)(F)F)c1. The number of ether oxygens (including phenoxy) is 2. The van der Waals surface area contributed by atoms with Crippen LogP contribution in [-0.2, 0) is 25.7 Å². The van der Waals surface area contributed by atoms with Gasteiger partial charge in [0.1, 0.15) is 5.75 Å². The van der Waals surface area contributed by atoms with Crippen LogP contribution < -0.4 is 9.46 Å². The quantitative estimate of drug-likeness (QED) is 0.438. The molecule has 6 nitrogen and oxygen atoms in total. The third kappa shape index (κ3) is 7.41. The monoisotopic (exact) mass is 485 g/mol. The van der Waals surface area contributed by atoms with E-state index in [-0.39, 0.29) is 12.2 Å². The number of carbonyl (C=O) groups excluding carboxylic acids is 1. The van der Waals surface area contributed by atoms with Gasteiger partial charge in [0.05, 0.1) is 29.5 Å². The largest absolute Gasteiger partial charge is 0.573 e. The molecule has 0 aliphatic carbocycles. The maximum absolute atomic E-state index is 13.1. The van der Waals surface area contributed by atoms with Crippen LogP contribution in [0.2, 0.25) is 0 Å². The summed E-state index contributed by atoms with van der Waals surface area (Å²) in [5.41, 5.74) is -1.22. The lowest BCUT2D eigenvalue weighted by Gasteiger charge is -2.20. The van der Waals surface area contributed by atoms with Gasteiger partial charge < -0.3 is 9.47 Å². The van der Waals surface area contributed by atoms with E-state index < -0.39 is 57.2 Å². The molecule has 0 aliphatic rings. The van der Waals surface area contributed by atoms with E-state index in [1.807, 2.05) is 0 Å². The Bertz CT molecular complexity index is 1040. The van der Waals surface area contributed by atoms with Gasteiger partial charge in [-0.05, 0) is 48.9 Å². The number of sulfonamides is 1. The number of hydrogen-bond donors (Lipinski definition) is 1. The van der Waals surface area contributed by atoms with Crippen molar-refractivity contribution in [1.29, 1.82) is 0 Å². The second-order valence-corrected chi connectivity index (χ2v) is 8.04. The number of alkyl halides is 6. The first-order valence-corrected chi connectivity index (χ1v) is 10.4. The Morgan fingerprint density at radius 2 is 1.66 bits per heavy atom. The summed E-state index contributed by atoms with van der Waals surface area (Å²) < 4.78 is 112. The molecule has 1 N–H and O–H groups in total. The molecular weight excluding hydrogens is 468 g/mol. The van der Waals surface area contributed by atoms with Crippen molar-refractivity contribution in [2.75, 3.05) is 6.61 Å². The molecule has 13 heteroatoms. The summed E-state index contributed by atoms with van der Waals surface area (Å²) in [6.07, 6.45) is -10.3. The average molecular weight is 485 g/mol. The number of halogens is 6. The first-order valence-electron chi connectivity index (χ1n) is 8.92. The summed E-state index contributed by atoms with van der Waals surface area (Å²) >= 11 is 0. The number of rotatable bonds is 8. The highest BCUT2D eigenvalue weighted by molar-refractivity contribution is 7.89. The molecule has 0 fully saturated rings. The fourth-order valence-electron chi connectivity index (χ4n) is 2.62. The van der Waals surface area contributed by atoms with Crippen molar-refractivity contribution >= 4 is 16.0 Å². The lowest BCUT2D eigenvalue weighted by molar-refractivity contribution is -0.274. The van der Waals surface area contributed by atoms with Gasteiger partial charge in [0, 0.05) is 0 Å². The van der Waals surface area contributed by atoms with Gasteiger partial charge in [-0.2, -0.15) is 13.2 Å². The fraction of sp³-hybridized carbons (Fsp3) is 0.316. The van der Waals surface area contributed by atoms with Crippen LogP contribution in [0.3, 0.4) is 0 Å². The van der Waals surface area contributed by atoms with Gasteiger partial charge in [-0.15, -0.1) is 13.2 Å². The predicted molar refractivity (Wildman–Crippen MR) is 98.9 cm³/mol. The minimum Gasteiger partial charge on any atom is -0.466 e. The van der Waals surface area contributed by atoms with Gasteiger partial charge in [-0.25, -0.2) is 13.1 Å². The fourth-order valence-corrected chi connectivity index (χ4v) is 3.85. The number of hydrogen-bond acceptors (Lipinski definition) is 5. The van der Waals surface area contributed by atoms with Gasteiger partial charge >= 0.3 is 18.5 Å². The Morgan fingerprint density at radius 1 is 1.03 bits per heavy atom. The van der Waals surface area contributed by atoms with E-state index in [1.54, 1.807) is 0 Å². The van der Waals surface area contributed by atoms with Crippen molar-refractivity contribution in [3.05, 3.63) is 59.7 Å². The second kappa shape index (κ2) is 9.77. The van der Waals surface area contributed by atoms with E-state index in [4.69, 9.17) is 4.74 Å². The molecule has 1 atom stereocenters. The van der Waals surface area contributed by atoms with Gasteiger partial charge in [0.25, 0.3) is 0 Å². The van der Waals surface area contributed by atoms with Crippen LogP contribution >= 0.6 is 0 Å². The van der Waals surface area contributed by atoms with Crippen LogP contribution in [0.25, 0.3) is 0 Å². The first kappa shape index (κ1) is 25.5. The Kier molecular flexibility index (Phi) is 7.78. The lowest BCUT2D eigenvalue weighted by atomic mass is 10.0. The highest BCUT2D eigenvalue weighted by Gasteiger charge is 2.33. The minimum absolute atomic E-state index is 0.0401. The van der Waals surface area contributed by atoms with Crippen molar-refractivity contribution < 1.29 is 49.0 Å². The molecule has 0 aliphatic heterocycles. The highest BCUT2D eigenvalue weighted by Crippen LogP contribution is 2.32. The third-order valence-corrected chi connectivity index (χ3v) is 5.45. The maximum atomic E-state index is 13.1. The van der Waals surface area contributed by atoms with Gasteiger partial charge in [-0.1, -0.05) is 12.1 Å². The van der Waals surface area contributed by atoms with E-state index in [2.05, 4.69) is 9.46 Å². The van der Waals surface area contributed by atoms with Crippen LogP contribution in [0, 0.1) is 0 Å². The number of nitrogens with one attached hydrogen (secondary N) is 1. The molecule has 0 radical (unpaired) electrons. The Morgan fingerprint density at radius 3 is 2.19 bits per heavy atom. The normalized spacial score (nSPS) is 13.5. The van der Waals surface area contributed by atoms with E-state index in [9.17, 15) is 39.6 Å². The molecule has 2 aromatic rings. The molecule has 0 heterocycles. The van der Waals surface area contributed by atoms with Crippen molar-refractivity contribution in [2.24, 2.45) is 0 Å². The van der Waals surface area contributed by atoms with Crippen LogP contribution in [-0.4, -0.2) is 27.4 Å². The topological polar surface area (TPSA) is 81.7 Å². The van der Waals surface area contributed by atoms with E-state index >= 15 is 0 Å². The zero-order valence-electron chi connectivity index (χ0n) is 16.3. The van der Waals surface area contributed by atoms with Gasteiger partial charge in [-0.3, -0.25) is 4.79 Å². The number of benzene rings is 2. The average Bonchev–Trinajstić information content (AvgIpc) is 2.66. The van der Waals surface area contributed by atoms with Crippen LogP contribution in [0.5, 0.6) is 5.75 Å². The Hall–Kier alpha value is -2.80. The van der Waals surface area contributed by atoms with E-state index in [0.29, 0.717) is 6.07 Å². The third-order valence-electron chi connectivity index (χ3n) is 3.96. The molecule has 32 heavy (non-hydrogen) atoms. The zero-order chi connectivity index (χ0) is 24.2. The molecule has 2 rings (SSSR count). The minimum atomic E-state index is -4.98. The molecule has 1 unspecified atom stereocenters. The Labute approximate surface area is 179 Å². The van der Waals surface area contributed by atoms with E-state index in [0.717, 1.165) is 36.4 Å². The number of carbonyl (C=O) groups is 1. The molecule has 0 bridgehead atoms. The second-order valence-electron chi connectivity index (χ2n) is 6.33. The van der Waals surface area contributed by atoms with Crippen molar-refractivity contribution in [3.63, 3.8) is 0 Å². The molecule has 0 spiro atoms. The van der Waals surface area contributed by atoms with Gasteiger partial charge in [0.15, 0.2) is 0 Å². The van der Waals surface area contributed by atoms with Crippen molar-refractivity contribution in [2.45, 2.75) is 36.8 Å². The molecule has 0 saturated heterocycles. The molecule has 0 saturated carbocycles. The van der Waals surface area contributed by atoms with Crippen LogP contribution in [0.4, 0.5) is 26.3 Å². The standard InChI is InChI=1S/C19H17F6NO5S/c1-2-30-17(27)11-16(12-4-3-5-13(10-12)18(20,21)22)26-32(28,29)15-8-6-14(7-9-15)31-19(23,24)25/h3-10,16,26H,2,11H2,1H3. The lowest BCUT2D eigenvalue weighted by Crippen LogP contribution is -2.31. The van der Waals surface area contributed by atoms with E-state index in [1.165, 1.54) is 13.0 Å². The van der Waals surface area contributed by atoms with Crippen LogP contribution in [0.1, 0.15) is 30.5 Å². The Balaban J connectivity index is 2.35. The summed E-state index contributed by atoms with van der Waals surface area (Å²) in [6, 6.07) is 5.42. The molecule has 176 valence electrons. The molecular formula is C19H17F6NO5S. The van der Waals surface area contributed by atoms with Gasteiger partial charge in [0.2, 0.25) is 10.0 Å². The van der Waals surface area contributed by atoms with Crippen LogP contribution in [0.15, 0.2) is 53.4 Å². The zero-order valence-corrected chi connectivity index (χ0v) is 17.1. The number of esters is 1. The first-order chi connectivity index (χ1) is 14.7. The molecule has 2 aromatic carbocycles. The summed E-state index contributed by atoms with van der Waals surface area (Å²) in [4.78, 5) is 11.4. The summed E-state index contributed by atoms with van der Waals surface area (Å²) in [6.45, 7) is 1.45. The summed E-state index contributed by atoms with van der Waals surface area (Å²) in [5, 5.41) is 0. The highest BCUT2D eigenvalue weighted by atomic mass is 32.2. The molecule has 0 amide bonds. The maximum Gasteiger partial charge on any atom is 0.573 e. The molecule has 0 aromatic heterocycles. The predicted octanol–water partition coefficient (Wildman–Crippen LogP) is 4.58. The summed E-state index contributed by atoms with van der Waals surface area (Å²) in [7, 11) is -4.45.